The van der Waals surface area contributed by atoms with Crippen LogP contribution in [0.15, 0.2) is 41.2 Å². The second-order valence-electron chi connectivity index (χ2n) is 4.75. The van der Waals surface area contributed by atoms with Gasteiger partial charge in [-0.1, -0.05) is 23.7 Å². The number of hydrogen-bond acceptors (Lipinski definition) is 3. The molecular formula is C15H14ClN3O2. The van der Waals surface area contributed by atoms with Gasteiger partial charge in [0.15, 0.2) is 5.65 Å². The smallest absolute Gasteiger partial charge is 0.330 e. The van der Waals surface area contributed by atoms with Crippen LogP contribution in [-0.2, 0) is 13.6 Å². The van der Waals surface area contributed by atoms with Gasteiger partial charge in [-0.2, -0.15) is 0 Å². The minimum absolute atomic E-state index is 0.115. The van der Waals surface area contributed by atoms with Crippen molar-refractivity contribution in [1.82, 2.24) is 14.1 Å². The van der Waals surface area contributed by atoms with Gasteiger partial charge in [0.2, 0.25) is 0 Å². The lowest BCUT2D eigenvalue weighted by Gasteiger charge is -2.05. The third-order valence-electron chi connectivity index (χ3n) is 3.45. The van der Waals surface area contributed by atoms with E-state index >= 15 is 0 Å². The standard InChI is InChI=1S/C15H14ClN3O2/c1-18-14-12(7-8-13(16)17-14)19(15(18)20)9-10-3-5-11(21-2)6-4-10/h3-8H,9H2,1-2H3. The number of hydrogen-bond donors (Lipinski definition) is 0. The Morgan fingerprint density at radius 2 is 1.90 bits per heavy atom. The largest absolute Gasteiger partial charge is 0.497 e. The van der Waals surface area contributed by atoms with Crippen LogP contribution >= 0.6 is 11.6 Å². The van der Waals surface area contributed by atoms with Crippen molar-refractivity contribution >= 4 is 22.8 Å². The Bertz CT molecular complexity index is 850. The van der Waals surface area contributed by atoms with Gasteiger partial charge in [0, 0.05) is 7.05 Å². The number of ether oxygens (including phenoxy) is 1. The molecule has 108 valence electrons. The van der Waals surface area contributed by atoms with E-state index < -0.39 is 0 Å². The van der Waals surface area contributed by atoms with E-state index in [1.54, 1.807) is 24.8 Å². The summed E-state index contributed by atoms with van der Waals surface area (Å²) in [5.74, 6) is 0.789. The van der Waals surface area contributed by atoms with Crippen LogP contribution in [0.1, 0.15) is 5.56 Å². The Kier molecular flexibility index (Phi) is 3.43. The maximum absolute atomic E-state index is 12.3. The third-order valence-corrected chi connectivity index (χ3v) is 3.66. The molecule has 5 nitrogen and oxygen atoms in total. The van der Waals surface area contributed by atoms with Crippen molar-refractivity contribution < 1.29 is 4.74 Å². The molecule has 0 aliphatic carbocycles. The molecule has 2 heterocycles. The van der Waals surface area contributed by atoms with Gasteiger partial charge < -0.3 is 4.74 Å². The van der Waals surface area contributed by atoms with Crippen molar-refractivity contribution in [2.45, 2.75) is 6.54 Å². The highest BCUT2D eigenvalue weighted by Gasteiger charge is 2.12. The second-order valence-corrected chi connectivity index (χ2v) is 5.14. The lowest BCUT2D eigenvalue weighted by atomic mass is 10.2. The summed E-state index contributed by atoms with van der Waals surface area (Å²) in [6.07, 6.45) is 0. The summed E-state index contributed by atoms with van der Waals surface area (Å²) in [6, 6.07) is 11.1. The average Bonchev–Trinajstić information content (AvgIpc) is 2.73. The number of halogens is 1. The maximum atomic E-state index is 12.3. The lowest BCUT2D eigenvalue weighted by Crippen LogP contribution is -2.22. The Morgan fingerprint density at radius 3 is 2.57 bits per heavy atom. The Hall–Kier alpha value is -2.27. The van der Waals surface area contributed by atoms with Crippen molar-refractivity contribution in [3.05, 3.63) is 57.6 Å². The fraction of sp³-hybridized carbons (Fsp3) is 0.200. The highest BCUT2D eigenvalue weighted by atomic mass is 35.5. The summed E-state index contributed by atoms with van der Waals surface area (Å²) < 4.78 is 8.32. The van der Waals surface area contributed by atoms with Gasteiger partial charge in [0.05, 0.1) is 19.2 Å². The number of aryl methyl sites for hydroxylation is 1. The van der Waals surface area contributed by atoms with Gasteiger partial charge in [-0.25, -0.2) is 9.78 Å². The maximum Gasteiger partial charge on any atom is 0.330 e. The molecule has 3 rings (SSSR count). The highest BCUT2D eigenvalue weighted by Crippen LogP contribution is 2.17. The van der Waals surface area contributed by atoms with Crippen LogP contribution in [-0.4, -0.2) is 21.2 Å². The lowest BCUT2D eigenvalue weighted by molar-refractivity contribution is 0.414. The number of benzene rings is 1. The molecule has 0 unspecified atom stereocenters. The molecule has 0 saturated heterocycles. The zero-order valence-electron chi connectivity index (χ0n) is 11.7. The van der Waals surface area contributed by atoms with Gasteiger partial charge in [-0.3, -0.25) is 9.13 Å². The van der Waals surface area contributed by atoms with Crippen molar-refractivity contribution in [2.75, 3.05) is 7.11 Å². The van der Waals surface area contributed by atoms with Crippen LogP contribution < -0.4 is 10.4 Å². The molecule has 0 atom stereocenters. The van der Waals surface area contributed by atoms with Gasteiger partial charge in [-0.05, 0) is 29.8 Å². The number of fused-ring (bicyclic) bond motifs is 1. The fourth-order valence-electron chi connectivity index (χ4n) is 2.32. The SMILES string of the molecule is COc1ccc(Cn2c(=O)n(C)c3nc(Cl)ccc32)cc1. The van der Waals surface area contributed by atoms with E-state index in [-0.39, 0.29) is 5.69 Å². The summed E-state index contributed by atoms with van der Waals surface area (Å²) in [4.78, 5) is 16.6. The zero-order chi connectivity index (χ0) is 15.0. The summed E-state index contributed by atoms with van der Waals surface area (Å²) >= 11 is 5.90. The van der Waals surface area contributed by atoms with Crippen molar-refractivity contribution in [3.8, 4) is 5.75 Å². The fourth-order valence-corrected chi connectivity index (χ4v) is 2.46. The summed E-state index contributed by atoms with van der Waals surface area (Å²) in [5, 5.41) is 0.375. The minimum Gasteiger partial charge on any atom is -0.497 e. The third kappa shape index (κ3) is 2.40. The van der Waals surface area contributed by atoms with E-state index in [0.717, 1.165) is 16.8 Å². The van der Waals surface area contributed by atoms with Crippen molar-refractivity contribution in [1.29, 1.82) is 0 Å². The number of nitrogens with zero attached hydrogens (tertiary/aromatic N) is 3. The Labute approximate surface area is 126 Å². The normalized spacial score (nSPS) is 11.0. The zero-order valence-corrected chi connectivity index (χ0v) is 12.5. The van der Waals surface area contributed by atoms with Crippen molar-refractivity contribution in [2.24, 2.45) is 7.05 Å². The molecule has 0 fully saturated rings. The van der Waals surface area contributed by atoms with Crippen molar-refractivity contribution in [3.63, 3.8) is 0 Å². The number of pyridine rings is 1. The molecule has 0 saturated carbocycles. The molecule has 3 aromatic rings. The number of aromatic nitrogens is 3. The average molecular weight is 304 g/mol. The quantitative estimate of drug-likeness (QED) is 0.698. The van der Waals surface area contributed by atoms with Crippen LogP contribution in [0.5, 0.6) is 5.75 Å². The molecule has 0 N–H and O–H groups in total. The van der Waals surface area contributed by atoms with Gasteiger partial charge in [0.1, 0.15) is 10.9 Å². The van der Waals surface area contributed by atoms with E-state index in [2.05, 4.69) is 4.98 Å². The first-order valence-corrected chi connectivity index (χ1v) is 6.82. The summed E-state index contributed by atoms with van der Waals surface area (Å²) in [7, 11) is 3.32. The minimum atomic E-state index is -0.115. The first-order chi connectivity index (χ1) is 10.1. The van der Waals surface area contributed by atoms with Crippen LogP contribution in [0.25, 0.3) is 11.2 Å². The molecule has 0 bridgehead atoms. The van der Waals surface area contributed by atoms with E-state index in [9.17, 15) is 4.79 Å². The molecule has 2 aromatic heterocycles. The van der Waals surface area contributed by atoms with Crippen LogP contribution in [0.4, 0.5) is 0 Å². The van der Waals surface area contributed by atoms with Gasteiger partial charge in [0.25, 0.3) is 0 Å². The molecule has 0 aliphatic heterocycles. The van der Waals surface area contributed by atoms with E-state index in [4.69, 9.17) is 16.3 Å². The predicted molar refractivity (Wildman–Crippen MR) is 82.1 cm³/mol. The first kappa shape index (κ1) is 13.7. The molecule has 21 heavy (non-hydrogen) atoms. The highest BCUT2D eigenvalue weighted by molar-refractivity contribution is 6.29. The van der Waals surface area contributed by atoms with Gasteiger partial charge in [-0.15, -0.1) is 0 Å². The Morgan fingerprint density at radius 1 is 1.19 bits per heavy atom. The molecule has 0 aliphatic rings. The molecule has 0 spiro atoms. The van der Waals surface area contributed by atoms with Crippen LogP contribution in [0.2, 0.25) is 5.15 Å². The number of imidazole rings is 1. The van der Waals surface area contributed by atoms with Crippen LogP contribution in [0, 0.1) is 0 Å². The number of methoxy groups -OCH3 is 1. The van der Waals surface area contributed by atoms with E-state index in [1.165, 1.54) is 4.57 Å². The monoisotopic (exact) mass is 303 g/mol. The van der Waals surface area contributed by atoms with E-state index in [1.807, 2.05) is 30.3 Å². The summed E-state index contributed by atoms with van der Waals surface area (Å²) in [5.41, 5.74) is 2.25. The Balaban J connectivity index is 2.07. The summed E-state index contributed by atoms with van der Waals surface area (Å²) in [6.45, 7) is 0.476. The molecular weight excluding hydrogens is 290 g/mol. The molecule has 1 aromatic carbocycles. The molecule has 6 heteroatoms. The van der Waals surface area contributed by atoms with Gasteiger partial charge >= 0.3 is 5.69 Å². The second kappa shape index (κ2) is 5.26. The molecule has 0 amide bonds. The number of rotatable bonds is 3. The molecule has 0 radical (unpaired) electrons. The van der Waals surface area contributed by atoms with Crippen LogP contribution in [0.3, 0.4) is 0 Å². The topological polar surface area (TPSA) is 49.0 Å². The van der Waals surface area contributed by atoms with E-state index in [0.29, 0.717) is 17.3 Å². The predicted octanol–water partition coefficient (Wildman–Crippen LogP) is 2.45. The first-order valence-electron chi connectivity index (χ1n) is 6.45.